The Morgan fingerprint density at radius 2 is 2.10 bits per heavy atom. The normalized spacial score (nSPS) is 16.7. The lowest BCUT2D eigenvalue weighted by Crippen LogP contribution is -2.52. The molecule has 1 fully saturated rings. The number of thiazole rings is 1. The first-order chi connectivity index (χ1) is 10.2. The Bertz CT molecular complexity index is 585. The SMILES string of the molecule is Cc1ccc(-c2ncc(CNCC3(CO)COC3)s2)cc1. The molecule has 3 rings (SSSR count). The Balaban J connectivity index is 1.56. The number of rotatable bonds is 6. The minimum Gasteiger partial charge on any atom is -0.396 e. The molecule has 0 amide bonds. The molecule has 1 saturated heterocycles. The van der Waals surface area contributed by atoms with Crippen molar-refractivity contribution >= 4 is 11.3 Å². The molecule has 112 valence electrons. The van der Waals surface area contributed by atoms with Gasteiger partial charge in [0.2, 0.25) is 0 Å². The Kier molecular flexibility index (Phi) is 4.35. The van der Waals surface area contributed by atoms with Crippen molar-refractivity contribution in [3.05, 3.63) is 40.9 Å². The van der Waals surface area contributed by atoms with Crippen LogP contribution in [0, 0.1) is 12.3 Å². The van der Waals surface area contributed by atoms with Crippen LogP contribution in [0.4, 0.5) is 0 Å². The molecule has 1 aromatic carbocycles. The van der Waals surface area contributed by atoms with Crippen molar-refractivity contribution in [2.75, 3.05) is 26.4 Å². The van der Waals surface area contributed by atoms with E-state index in [0.717, 1.165) is 23.7 Å². The largest absolute Gasteiger partial charge is 0.396 e. The molecule has 0 aliphatic carbocycles. The Hall–Kier alpha value is -1.27. The van der Waals surface area contributed by atoms with Crippen molar-refractivity contribution in [2.45, 2.75) is 13.5 Å². The van der Waals surface area contributed by atoms with E-state index < -0.39 is 0 Å². The van der Waals surface area contributed by atoms with E-state index in [-0.39, 0.29) is 12.0 Å². The van der Waals surface area contributed by atoms with Crippen LogP contribution in [-0.2, 0) is 11.3 Å². The summed E-state index contributed by atoms with van der Waals surface area (Å²) in [5, 5.41) is 13.8. The van der Waals surface area contributed by atoms with Crippen LogP contribution in [0.3, 0.4) is 0 Å². The predicted molar refractivity (Wildman–Crippen MR) is 84.3 cm³/mol. The number of aliphatic hydroxyl groups excluding tert-OH is 1. The number of benzene rings is 1. The van der Waals surface area contributed by atoms with Gasteiger partial charge in [0.1, 0.15) is 5.01 Å². The molecule has 0 atom stereocenters. The number of nitrogens with one attached hydrogen (secondary N) is 1. The quantitative estimate of drug-likeness (QED) is 0.859. The van der Waals surface area contributed by atoms with Crippen LogP contribution in [0.15, 0.2) is 30.5 Å². The summed E-state index contributed by atoms with van der Waals surface area (Å²) in [4.78, 5) is 5.70. The van der Waals surface area contributed by atoms with Gasteiger partial charge < -0.3 is 15.2 Å². The van der Waals surface area contributed by atoms with Gasteiger partial charge in [-0.25, -0.2) is 4.98 Å². The molecule has 0 unspecified atom stereocenters. The van der Waals surface area contributed by atoms with Crippen LogP contribution in [0.1, 0.15) is 10.4 Å². The number of aliphatic hydroxyl groups is 1. The number of hydrogen-bond acceptors (Lipinski definition) is 5. The molecular formula is C16H20N2O2S. The first-order valence-electron chi connectivity index (χ1n) is 7.12. The smallest absolute Gasteiger partial charge is 0.123 e. The van der Waals surface area contributed by atoms with Crippen molar-refractivity contribution in [1.82, 2.24) is 10.3 Å². The highest BCUT2D eigenvalue weighted by Gasteiger charge is 2.37. The van der Waals surface area contributed by atoms with Gasteiger partial charge in [-0.3, -0.25) is 0 Å². The summed E-state index contributed by atoms with van der Waals surface area (Å²) >= 11 is 1.71. The van der Waals surface area contributed by atoms with Crippen molar-refractivity contribution in [1.29, 1.82) is 0 Å². The van der Waals surface area contributed by atoms with Gasteiger partial charge in [-0.15, -0.1) is 11.3 Å². The molecule has 0 spiro atoms. The van der Waals surface area contributed by atoms with E-state index in [1.165, 1.54) is 10.4 Å². The van der Waals surface area contributed by atoms with Gasteiger partial charge in [-0.2, -0.15) is 0 Å². The summed E-state index contributed by atoms with van der Waals surface area (Å²) in [5.74, 6) is 0. The zero-order valence-electron chi connectivity index (χ0n) is 12.1. The number of aromatic nitrogens is 1. The Labute approximate surface area is 128 Å². The minimum atomic E-state index is -0.0789. The molecule has 1 aromatic heterocycles. The average Bonchev–Trinajstić information content (AvgIpc) is 2.91. The Morgan fingerprint density at radius 3 is 2.71 bits per heavy atom. The topological polar surface area (TPSA) is 54.4 Å². The predicted octanol–water partition coefficient (Wildman–Crippen LogP) is 2.22. The maximum atomic E-state index is 9.38. The second-order valence-electron chi connectivity index (χ2n) is 5.75. The summed E-state index contributed by atoms with van der Waals surface area (Å²) < 4.78 is 5.19. The monoisotopic (exact) mass is 304 g/mol. The van der Waals surface area contributed by atoms with E-state index in [1.54, 1.807) is 11.3 Å². The highest BCUT2D eigenvalue weighted by Crippen LogP contribution is 2.27. The second kappa shape index (κ2) is 6.23. The van der Waals surface area contributed by atoms with Crippen LogP contribution in [0.25, 0.3) is 10.6 Å². The van der Waals surface area contributed by atoms with Gasteiger partial charge >= 0.3 is 0 Å². The van der Waals surface area contributed by atoms with Gasteiger partial charge in [0, 0.05) is 29.7 Å². The van der Waals surface area contributed by atoms with Gasteiger partial charge in [0.15, 0.2) is 0 Å². The maximum Gasteiger partial charge on any atom is 0.123 e. The summed E-state index contributed by atoms with van der Waals surface area (Å²) in [7, 11) is 0. The number of ether oxygens (including phenoxy) is 1. The van der Waals surface area contributed by atoms with Crippen LogP contribution < -0.4 is 5.32 Å². The molecule has 21 heavy (non-hydrogen) atoms. The summed E-state index contributed by atoms with van der Waals surface area (Å²) in [6, 6.07) is 8.43. The molecule has 1 aliphatic rings. The van der Waals surface area contributed by atoms with E-state index >= 15 is 0 Å². The van der Waals surface area contributed by atoms with Crippen molar-refractivity contribution in [3.8, 4) is 10.6 Å². The zero-order valence-corrected chi connectivity index (χ0v) is 12.9. The summed E-state index contributed by atoms with van der Waals surface area (Å²) in [6.07, 6.45) is 1.93. The van der Waals surface area contributed by atoms with E-state index in [1.807, 2.05) is 6.20 Å². The van der Waals surface area contributed by atoms with Gasteiger partial charge in [0.05, 0.1) is 25.2 Å². The fraction of sp³-hybridized carbons (Fsp3) is 0.438. The highest BCUT2D eigenvalue weighted by molar-refractivity contribution is 7.15. The first-order valence-corrected chi connectivity index (χ1v) is 7.94. The molecule has 2 N–H and O–H groups in total. The lowest BCUT2D eigenvalue weighted by Gasteiger charge is -2.39. The Morgan fingerprint density at radius 1 is 1.33 bits per heavy atom. The molecule has 2 heterocycles. The molecule has 1 aliphatic heterocycles. The molecule has 0 bridgehead atoms. The molecule has 5 heteroatoms. The summed E-state index contributed by atoms with van der Waals surface area (Å²) in [6.45, 7) is 5.12. The standard InChI is InChI=1S/C16H20N2O2S/c1-12-2-4-13(5-3-12)15-18-7-14(21-15)6-17-8-16(9-19)10-20-11-16/h2-5,7,17,19H,6,8-11H2,1H3. The third kappa shape index (κ3) is 3.32. The maximum absolute atomic E-state index is 9.38. The second-order valence-corrected chi connectivity index (χ2v) is 6.87. The van der Waals surface area contributed by atoms with E-state index in [0.29, 0.717) is 13.2 Å². The number of aryl methyl sites for hydroxylation is 1. The molecule has 0 radical (unpaired) electrons. The van der Waals surface area contributed by atoms with Crippen LogP contribution >= 0.6 is 11.3 Å². The lowest BCUT2D eigenvalue weighted by molar-refractivity contribution is -0.134. The fourth-order valence-electron chi connectivity index (χ4n) is 2.31. The van der Waals surface area contributed by atoms with Gasteiger partial charge in [-0.05, 0) is 6.92 Å². The minimum absolute atomic E-state index is 0.0789. The van der Waals surface area contributed by atoms with Crippen molar-refractivity contribution < 1.29 is 9.84 Å². The van der Waals surface area contributed by atoms with E-state index in [4.69, 9.17) is 4.74 Å². The average molecular weight is 304 g/mol. The third-order valence-electron chi connectivity index (χ3n) is 3.80. The molecular weight excluding hydrogens is 284 g/mol. The van der Waals surface area contributed by atoms with Crippen LogP contribution in [0.2, 0.25) is 0 Å². The summed E-state index contributed by atoms with van der Waals surface area (Å²) in [5.41, 5.74) is 2.34. The molecule has 2 aromatic rings. The van der Waals surface area contributed by atoms with Crippen LogP contribution in [-0.4, -0.2) is 36.5 Å². The number of nitrogens with zero attached hydrogens (tertiary/aromatic N) is 1. The van der Waals surface area contributed by atoms with Crippen molar-refractivity contribution in [2.24, 2.45) is 5.41 Å². The molecule has 0 saturated carbocycles. The fourth-order valence-corrected chi connectivity index (χ4v) is 3.20. The molecule has 4 nitrogen and oxygen atoms in total. The van der Waals surface area contributed by atoms with E-state index in [9.17, 15) is 5.11 Å². The van der Waals surface area contributed by atoms with Crippen molar-refractivity contribution in [3.63, 3.8) is 0 Å². The number of hydrogen-bond donors (Lipinski definition) is 2. The van der Waals surface area contributed by atoms with Gasteiger partial charge in [0.25, 0.3) is 0 Å². The lowest BCUT2D eigenvalue weighted by atomic mass is 9.87. The zero-order chi connectivity index (χ0) is 14.7. The highest BCUT2D eigenvalue weighted by atomic mass is 32.1. The van der Waals surface area contributed by atoms with E-state index in [2.05, 4.69) is 41.5 Å². The van der Waals surface area contributed by atoms with Crippen LogP contribution in [0.5, 0.6) is 0 Å². The van der Waals surface area contributed by atoms with Gasteiger partial charge in [-0.1, -0.05) is 29.8 Å². The first kappa shape index (κ1) is 14.7. The third-order valence-corrected chi connectivity index (χ3v) is 4.85.